The first kappa shape index (κ1) is 8.06. The first-order valence-corrected chi connectivity index (χ1v) is 4.94. The summed E-state index contributed by atoms with van der Waals surface area (Å²) in [4.78, 5) is 0. The van der Waals surface area contributed by atoms with Gasteiger partial charge in [-0.25, -0.2) is 0 Å². The van der Waals surface area contributed by atoms with Gasteiger partial charge >= 0.3 is 0 Å². The molecule has 1 aromatic rings. The van der Waals surface area contributed by atoms with E-state index in [1.165, 1.54) is 26.7 Å². The zero-order chi connectivity index (χ0) is 8.72. The van der Waals surface area contributed by atoms with Gasteiger partial charge in [-0.15, -0.1) is 0 Å². The highest BCUT2D eigenvalue weighted by atomic mass is 79.9. The van der Waals surface area contributed by atoms with Crippen molar-refractivity contribution in [2.45, 2.75) is 20.3 Å². The molecule has 0 spiro atoms. The highest BCUT2D eigenvalue weighted by molar-refractivity contribution is 9.10. The number of fused-ring (bicyclic) bond motifs is 1. The number of rotatable bonds is 0. The van der Waals surface area contributed by atoms with E-state index >= 15 is 0 Å². The van der Waals surface area contributed by atoms with Gasteiger partial charge in [0.05, 0.1) is 0 Å². The molecule has 62 valence electrons. The zero-order valence-corrected chi connectivity index (χ0v) is 8.90. The molecule has 0 unspecified atom stereocenters. The monoisotopic (exact) mass is 222 g/mol. The molecule has 0 radical (unpaired) electrons. The fourth-order valence-electron chi connectivity index (χ4n) is 1.67. The number of hydrogen-bond acceptors (Lipinski definition) is 0. The van der Waals surface area contributed by atoms with Crippen LogP contribution in [0.15, 0.2) is 22.7 Å². The molecule has 0 heterocycles. The molecule has 1 aliphatic carbocycles. The first-order valence-electron chi connectivity index (χ1n) is 4.15. The highest BCUT2D eigenvalue weighted by Gasteiger charge is 2.13. The van der Waals surface area contributed by atoms with Crippen molar-refractivity contribution in [2.24, 2.45) is 0 Å². The van der Waals surface area contributed by atoms with Crippen molar-refractivity contribution in [3.8, 4) is 0 Å². The van der Waals surface area contributed by atoms with Gasteiger partial charge in [0.2, 0.25) is 0 Å². The summed E-state index contributed by atoms with van der Waals surface area (Å²) in [5.41, 5.74) is 5.60. The minimum Gasteiger partial charge on any atom is -0.0765 e. The molecular formula is C11H11Br. The Morgan fingerprint density at radius 3 is 2.75 bits per heavy atom. The van der Waals surface area contributed by atoms with Crippen LogP contribution in [0.25, 0.3) is 5.57 Å². The van der Waals surface area contributed by atoms with E-state index in [0.29, 0.717) is 0 Å². The van der Waals surface area contributed by atoms with Gasteiger partial charge in [0, 0.05) is 4.47 Å². The smallest absolute Gasteiger partial charge is 0.0245 e. The van der Waals surface area contributed by atoms with Crippen molar-refractivity contribution >= 4 is 21.5 Å². The Hall–Kier alpha value is -0.560. The van der Waals surface area contributed by atoms with Crippen LogP contribution in [-0.2, 0) is 6.42 Å². The molecule has 0 N–H and O–H groups in total. The van der Waals surface area contributed by atoms with Gasteiger partial charge in [-0.05, 0) is 42.5 Å². The maximum atomic E-state index is 3.63. The Labute approximate surface area is 81.4 Å². The molecule has 0 bridgehead atoms. The van der Waals surface area contributed by atoms with Gasteiger partial charge < -0.3 is 0 Å². The van der Waals surface area contributed by atoms with E-state index in [1.807, 2.05) is 0 Å². The Bertz CT molecular complexity index is 362. The lowest BCUT2D eigenvalue weighted by atomic mass is 10.0. The normalized spacial score (nSPS) is 14.4. The van der Waals surface area contributed by atoms with Crippen molar-refractivity contribution in [1.29, 1.82) is 0 Å². The van der Waals surface area contributed by atoms with Crippen molar-refractivity contribution in [1.82, 2.24) is 0 Å². The van der Waals surface area contributed by atoms with E-state index in [9.17, 15) is 0 Å². The van der Waals surface area contributed by atoms with Gasteiger partial charge in [-0.3, -0.25) is 0 Å². The summed E-state index contributed by atoms with van der Waals surface area (Å²) >= 11 is 3.63. The van der Waals surface area contributed by atoms with E-state index in [1.54, 1.807) is 0 Å². The third-order valence-corrected chi connectivity index (χ3v) is 3.58. The molecular weight excluding hydrogens is 212 g/mol. The molecule has 2 rings (SSSR count). The van der Waals surface area contributed by atoms with Gasteiger partial charge in [0.15, 0.2) is 0 Å². The van der Waals surface area contributed by atoms with Crippen molar-refractivity contribution in [3.05, 3.63) is 39.4 Å². The predicted molar refractivity (Wildman–Crippen MR) is 56.2 cm³/mol. The Morgan fingerprint density at radius 2 is 2.00 bits per heavy atom. The lowest BCUT2D eigenvalue weighted by Gasteiger charge is -2.06. The number of aryl methyl sites for hydroxylation is 1. The number of hydrogen-bond donors (Lipinski definition) is 0. The second-order valence-electron chi connectivity index (χ2n) is 3.31. The summed E-state index contributed by atoms with van der Waals surface area (Å²) in [6.45, 7) is 4.31. The zero-order valence-electron chi connectivity index (χ0n) is 7.32. The first-order chi connectivity index (χ1) is 5.70. The van der Waals surface area contributed by atoms with Gasteiger partial charge in [0.25, 0.3) is 0 Å². The second-order valence-corrected chi connectivity index (χ2v) is 4.11. The molecule has 1 aliphatic rings. The van der Waals surface area contributed by atoms with Crippen LogP contribution >= 0.6 is 15.9 Å². The van der Waals surface area contributed by atoms with Gasteiger partial charge in [-0.2, -0.15) is 0 Å². The van der Waals surface area contributed by atoms with Crippen LogP contribution in [0.3, 0.4) is 0 Å². The average Bonchev–Trinajstić information content (AvgIpc) is 2.41. The minimum atomic E-state index is 1.09. The van der Waals surface area contributed by atoms with Crippen molar-refractivity contribution in [3.63, 3.8) is 0 Å². The Morgan fingerprint density at radius 1 is 1.25 bits per heavy atom. The summed E-state index contributed by atoms with van der Waals surface area (Å²) in [5, 5.41) is 0. The lowest BCUT2D eigenvalue weighted by molar-refractivity contribution is 1.25. The summed E-state index contributed by atoms with van der Waals surface area (Å²) in [6, 6.07) is 4.39. The molecule has 0 saturated heterocycles. The molecule has 0 fully saturated rings. The third-order valence-electron chi connectivity index (χ3n) is 2.47. The fraction of sp³-hybridized carbons (Fsp3) is 0.273. The van der Waals surface area contributed by atoms with E-state index in [-0.39, 0.29) is 0 Å². The van der Waals surface area contributed by atoms with E-state index in [2.05, 4.69) is 48.0 Å². The molecule has 0 amide bonds. The van der Waals surface area contributed by atoms with Crippen LogP contribution in [0.2, 0.25) is 0 Å². The Kier molecular flexibility index (Phi) is 1.84. The van der Waals surface area contributed by atoms with Crippen LogP contribution in [0.4, 0.5) is 0 Å². The third kappa shape index (κ3) is 1.04. The van der Waals surface area contributed by atoms with Crippen LogP contribution in [0, 0.1) is 6.92 Å². The summed E-state index contributed by atoms with van der Waals surface area (Å²) < 4.78 is 1.29. The standard InChI is InChI=1S/C11H11Br/c1-7-3-6-10-9(7)5-4-8(2)11(10)12/h3-5H,6H2,1-2H3. The number of benzene rings is 1. The predicted octanol–water partition coefficient (Wildman–Crippen LogP) is 3.72. The highest BCUT2D eigenvalue weighted by Crippen LogP contribution is 2.34. The maximum Gasteiger partial charge on any atom is 0.0245 e. The topological polar surface area (TPSA) is 0 Å². The van der Waals surface area contributed by atoms with Crippen molar-refractivity contribution < 1.29 is 0 Å². The summed E-state index contributed by atoms with van der Waals surface area (Å²) in [7, 11) is 0. The van der Waals surface area contributed by atoms with Crippen molar-refractivity contribution in [2.75, 3.05) is 0 Å². The lowest BCUT2D eigenvalue weighted by Crippen LogP contribution is -1.87. The molecule has 0 aliphatic heterocycles. The van der Waals surface area contributed by atoms with E-state index in [4.69, 9.17) is 0 Å². The van der Waals surface area contributed by atoms with E-state index < -0.39 is 0 Å². The minimum absolute atomic E-state index is 1.09. The molecule has 1 heteroatoms. The molecule has 0 nitrogen and oxygen atoms in total. The van der Waals surface area contributed by atoms with Gasteiger partial charge in [0.1, 0.15) is 0 Å². The van der Waals surface area contributed by atoms with Crippen LogP contribution < -0.4 is 0 Å². The van der Waals surface area contributed by atoms with Crippen LogP contribution in [-0.4, -0.2) is 0 Å². The van der Waals surface area contributed by atoms with Gasteiger partial charge in [-0.1, -0.05) is 34.1 Å². The largest absolute Gasteiger partial charge is 0.0765 e. The molecule has 0 atom stereocenters. The number of halogens is 1. The van der Waals surface area contributed by atoms with Crippen LogP contribution in [0.5, 0.6) is 0 Å². The molecule has 0 saturated carbocycles. The second kappa shape index (κ2) is 2.74. The molecule has 1 aromatic carbocycles. The fourth-order valence-corrected chi connectivity index (χ4v) is 2.18. The van der Waals surface area contributed by atoms with E-state index in [0.717, 1.165) is 6.42 Å². The maximum absolute atomic E-state index is 3.63. The Balaban J connectivity index is 2.66. The average molecular weight is 223 g/mol. The molecule has 0 aromatic heterocycles. The summed E-state index contributed by atoms with van der Waals surface area (Å²) in [5.74, 6) is 0. The quantitative estimate of drug-likeness (QED) is 0.628. The molecule has 12 heavy (non-hydrogen) atoms. The number of allylic oxidation sites excluding steroid dienone is 2. The van der Waals surface area contributed by atoms with Crippen LogP contribution in [0.1, 0.15) is 23.6 Å². The SMILES string of the molecule is CC1=CCc2c1ccc(C)c2Br. The summed E-state index contributed by atoms with van der Waals surface area (Å²) in [6.07, 6.45) is 3.37.